The molecule has 0 unspecified atom stereocenters. The van der Waals surface area contributed by atoms with Gasteiger partial charge in [0.25, 0.3) is 0 Å². The van der Waals surface area contributed by atoms with E-state index in [4.69, 9.17) is 0 Å². The molecule has 0 saturated carbocycles. The van der Waals surface area contributed by atoms with E-state index in [2.05, 4.69) is 9.44 Å². The van der Waals surface area contributed by atoms with Gasteiger partial charge < -0.3 is 0 Å². The third-order valence-corrected chi connectivity index (χ3v) is 6.32. The average Bonchev–Trinajstić information content (AvgIpc) is 2.78. The Balaban J connectivity index is 0.00000342. The van der Waals surface area contributed by atoms with E-state index >= 15 is 0 Å². The molecule has 175 valence electrons. The van der Waals surface area contributed by atoms with E-state index in [9.17, 15) is 16.8 Å². The molecule has 0 aliphatic carbocycles. The summed E-state index contributed by atoms with van der Waals surface area (Å²) in [5.74, 6) is 0. The van der Waals surface area contributed by atoms with Crippen molar-refractivity contribution in [2.75, 3.05) is 22.0 Å². The fourth-order valence-electron chi connectivity index (χ4n) is 3.83. The maximum atomic E-state index is 11.8. The molecule has 0 aliphatic rings. The van der Waals surface area contributed by atoms with Crippen molar-refractivity contribution in [2.45, 2.75) is 0 Å². The molecule has 0 aliphatic heterocycles. The summed E-state index contributed by atoms with van der Waals surface area (Å²) in [5, 5.41) is 0. The van der Waals surface area contributed by atoms with Crippen molar-refractivity contribution < 1.29 is 16.8 Å². The smallest absolute Gasteiger partial charge is 0.229 e. The van der Waals surface area contributed by atoms with Gasteiger partial charge in [0.15, 0.2) is 0 Å². The molecule has 4 aromatic carbocycles. The Kier molecular flexibility index (Phi) is 8.14. The molecule has 35 heavy (non-hydrogen) atoms. The van der Waals surface area contributed by atoms with Crippen LogP contribution in [0.2, 0.25) is 0 Å². The molecule has 6 nitrogen and oxygen atoms in total. The number of sulfonamides is 2. The minimum Gasteiger partial charge on any atom is -0.284 e. The van der Waals surface area contributed by atoms with Crippen molar-refractivity contribution in [1.29, 1.82) is 0 Å². The fraction of sp³-hybridized carbons (Fsp3) is 0.0769. The summed E-state index contributed by atoms with van der Waals surface area (Å²) < 4.78 is 52.4. The van der Waals surface area contributed by atoms with Crippen molar-refractivity contribution in [3.63, 3.8) is 0 Å². The van der Waals surface area contributed by atoms with Gasteiger partial charge in [0.05, 0.1) is 12.5 Å². The standard InChI is InChI=1S/C26H24N2O4S2.Li/c1-33(29,30)27-21-13-15-23(25(17-21)19-9-5-3-6-10-19)24-16-14-22(28-34(2,31)32)18-26(24)20-11-7-4-8-12-20;/h3-18,27-28H,1-2H3;. The molecular formula is C26H24LiN2O4S2. The first-order valence-corrected chi connectivity index (χ1v) is 14.2. The minimum absolute atomic E-state index is 0. The Hall–Kier alpha value is -3.02. The zero-order valence-electron chi connectivity index (χ0n) is 19.7. The van der Waals surface area contributed by atoms with Crippen molar-refractivity contribution in [3.8, 4) is 33.4 Å². The van der Waals surface area contributed by atoms with Crippen LogP contribution >= 0.6 is 0 Å². The predicted octanol–water partition coefficient (Wildman–Crippen LogP) is 5.05. The molecule has 1 radical (unpaired) electrons. The second kappa shape index (κ2) is 10.7. The third-order valence-electron chi connectivity index (χ3n) is 5.11. The summed E-state index contributed by atoms with van der Waals surface area (Å²) in [5.41, 5.74) is 6.22. The van der Waals surface area contributed by atoms with E-state index in [1.807, 2.05) is 84.9 Å². The molecule has 9 heteroatoms. The SMILES string of the molecule is CS(=O)(=O)Nc1ccc(-c2ccc(NS(C)(=O)=O)cc2-c2ccccc2)c(-c2ccccc2)c1.[Li]. The van der Waals surface area contributed by atoms with Gasteiger partial charge in [-0.05, 0) is 57.6 Å². The fourth-order valence-corrected chi connectivity index (χ4v) is 4.94. The monoisotopic (exact) mass is 499 g/mol. The number of hydrogen-bond acceptors (Lipinski definition) is 4. The van der Waals surface area contributed by atoms with Crippen LogP contribution in [0.4, 0.5) is 11.4 Å². The van der Waals surface area contributed by atoms with Crippen molar-refractivity contribution >= 4 is 50.3 Å². The summed E-state index contributed by atoms with van der Waals surface area (Å²) in [6.45, 7) is 0. The van der Waals surface area contributed by atoms with E-state index in [-0.39, 0.29) is 18.9 Å². The largest absolute Gasteiger partial charge is 0.284 e. The van der Waals surface area contributed by atoms with Crippen molar-refractivity contribution in [1.82, 2.24) is 0 Å². The van der Waals surface area contributed by atoms with E-state index in [0.29, 0.717) is 11.4 Å². The first-order valence-electron chi connectivity index (χ1n) is 10.4. The molecule has 4 aromatic rings. The van der Waals surface area contributed by atoms with Crippen LogP contribution in [0.3, 0.4) is 0 Å². The molecular weight excluding hydrogens is 475 g/mol. The summed E-state index contributed by atoms with van der Waals surface area (Å²) in [7, 11) is -6.89. The van der Waals surface area contributed by atoms with Gasteiger partial charge in [-0.2, -0.15) is 0 Å². The molecule has 0 saturated heterocycles. The topological polar surface area (TPSA) is 92.3 Å². The van der Waals surface area contributed by atoms with Gasteiger partial charge in [-0.25, -0.2) is 16.8 Å². The van der Waals surface area contributed by atoms with Crippen LogP contribution in [0.5, 0.6) is 0 Å². The van der Waals surface area contributed by atoms with Gasteiger partial charge in [-0.1, -0.05) is 72.8 Å². The predicted molar refractivity (Wildman–Crippen MR) is 145 cm³/mol. The summed E-state index contributed by atoms with van der Waals surface area (Å²) in [6, 6.07) is 30.2. The Morgan fingerprint density at radius 1 is 0.486 bits per heavy atom. The zero-order chi connectivity index (χ0) is 24.3. The molecule has 0 spiro atoms. The Morgan fingerprint density at radius 3 is 1.14 bits per heavy atom. The van der Waals surface area contributed by atoms with Gasteiger partial charge in [-0.3, -0.25) is 9.44 Å². The van der Waals surface area contributed by atoms with E-state index in [1.165, 1.54) is 0 Å². The van der Waals surface area contributed by atoms with Crippen LogP contribution < -0.4 is 9.44 Å². The Morgan fingerprint density at radius 2 is 0.829 bits per heavy atom. The zero-order valence-corrected chi connectivity index (χ0v) is 21.3. The summed E-state index contributed by atoms with van der Waals surface area (Å²) in [6.07, 6.45) is 2.23. The molecule has 0 heterocycles. The Labute approximate surface area is 218 Å². The molecule has 0 amide bonds. The molecule has 0 atom stereocenters. The number of rotatable bonds is 7. The van der Waals surface area contributed by atoms with Gasteiger partial charge >= 0.3 is 0 Å². The quantitative estimate of drug-likeness (QED) is 0.348. The van der Waals surface area contributed by atoms with Gasteiger partial charge in [0.2, 0.25) is 20.0 Å². The second-order valence-corrected chi connectivity index (χ2v) is 11.5. The molecule has 4 rings (SSSR count). The maximum absolute atomic E-state index is 11.8. The van der Waals surface area contributed by atoms with Gasteiger partial charge in [0, 0.05) is 30.2 Å². The molecule has 0 bridgehead atoms. The van der Waals surface area contributed by atoms with E-state index in [0.717, 1.165) is 45.9 Å². The first kappa shape index (κ1) is 26.6. The number of benzene rings is 4. The summed E-state index contributed by atoms with van der Waals surface area (Å²) in [4.78, 5) is 0. The summed E-state index contributed by atoms with van der Waals surface area (Å²) >= 11 is 0. The normalized spacial score (nSPS) is 11.4. The maximum Gasteiger partial charge on any atom is 0.229 e. The molecule has 0 fully saturated rings. The van der Waals surface area contributed by atoms with Crippen LogP contribution in [0, 0.1) is 0 Å². The van der Waals surface area contributed by atoms with E-state index < -0.39 is 20.0 Å². The second-order valence-electron chi connectivity index (χ2n) is 8.00. The van der Waals surface area contributed by atoms with Crippen molar-refractivity contribution in [3.05, 3.63) is 97.1 Å². The third kappa shape index (κ3) is 7.00. The molecule has 2 N–H and O–H groups in total. The van der Waals surface area contributed by atoms with Crippen LogP contribution in [0.1, 0.15) is 0 Å². The van der Waals surface area contributed by atoms with Crippen LogP contribution in [0.15, 0.2) is 97.1 Å². The van der Waals surface area contributed by atoms with Crippen LogP contribution in [-0.2, 0) is 20.0 Å². The van der Waals surface area contributed by atoms with Gasteiger partial charge in [0.1, 0.15) is 0 Å². The van der Waals surface area contributed by atoms with Gasteiger partial charge in [-0.15, -0.1) is 0 Å². The van der Waals surface area contributed by atoms with Crippen LogP contribution in [0.25, 0.3) is 33.4 Å². The molecule has 0 aromatic heterocycles. The minimum atomic E-state index is -3.44. The average molecular weight is 500 g/mol. The number of anilines is 2. The first-order chi connectivity index (χ1) is 16.1. The number of hydrogen-bond donors (Lipinski definition) is 2. The van der Waals surface area contributed by atoms with E-state index in [1.54, 1.807) is 12.1 Å². The van der Waals surface area contributed by atoms with Crippen LogP contribution in [-0.4, -0.2) is 48.2 Å². The van der Waals surface area contributed by atoms with Crippen molar-refractivity contribution in [2.24, 2.45) is 0 Å². The number of nitrogens with one attached hydrogen (secondary N) is 2. The Bertz CT molecular complexity index is 1420.